The number of hydrogen-bond donors (Lipinski definition) is 2. The van der Waals surface area contributed by atoms with Crippen LogP contribution in [0.4, 0.5) is 5.69 Å². The Balaban J connectivity index is 1.46. The average molecular weight is 446 g/mol. The van der Waals surface area contributed by atoms with Gasteiger partial charge in [-0.25, -0.2) is 9.97 Å². The van der Waals surface area contributed by atoms with Crippen LogP contribution < -0.4 is 4.90 Å². The number of carbonyl (C=O) groups excluding carboxylic acids is 1. The summed E-state index contributed by atoms with van der Waals surface area (Å²) in [5.41, 5.74) is 2.76. The van der Waals surface area contributed by atoms with Crippen molar-refractivity contribution in [2.24, 2.45) is 0 Å². The fraction of sp³-hybridized carbons (Fsp3) is 0.400. The second-order valence-electron chi connectivity index (χ2n) is 8.38. The molecule has 10 heteroatoms. The molecule has 1 unspecified atom stereocenters. The van der Waals surface area contributed by atoms with Gasteiger partial charge in [0.25, 0.3) is 0 Å². The normalized spacial score (nSPS) is 24.6. The van der Waals surface area contributed by atoms with E-state index in [0.717, 1.165) is 24.1 Å². The van der Waals surface area contributed by atoms with Crippen molar-refractivity contribution in [1.82, 2.24) is 19.5 Å². The first-order valence-corrected chi connectivity index (χ1v) is 12.2. The van der Waals surface area contributed by atoms with Crippen molar-refractivity contribution in [3.05, 3.63) is 47.1 Å². The number of nitrogens with zero attached hydrogens (tertiary/aromatic N) is 5. The standard InChI is InChI=1S/C20H20ClN5O3S/c21-12-7-15-18(23-8-12)26(13-2-6-30(28,29)11-13)17(24-15)10-25-16-9-22-5-1-14(16)20(3-4-20)19(25)27/h1,5,7-9,13,28-29H,2-4,6,10-11H2. The van der Waals surface area contributed by atoms with E-state index in [0.29, 0.717) is 34.2 Å². The van der Waals surface area contributed by atoms with E-state index >= 15 is 0 Å². The monoisotopic (exact) mass is 445 g/mol. The molecule has 2 fully saturated rings. The third-order valence-electron chi connectivity index (χ3n) is 6.48. The molecule has 1 saturated heterocycles. The summed E-state index contributed by atoms with van der Waals surface area (Å²) >= 11 is 6.13. The van der Waals surface area contributed by atoms with Crippen LogP contribution in [-0.2, 0) is 16.8 Å². The van der Waals surface area contributed by atoms with Crippen molar-refractivity contribution in [1.29, 1.82) is 0 Å². The minimum atomic E-state index is -2.60. The SMILES string of the molecule is O=C1N(Cc2nc3cc(Cl)cnc3n2C2CCS(O)(O)C2)c2cnccc2C12CC2. The van der Waals surface area contributed by atoms with Crippen LogP contribution in [0.15, 0.2) is 30.7 Å². The molecular formula is C20H20ClN5O3S. The lowest BCUT2D eigenvalue weighted by molar-refractivity contribution is -0.120. The Morgan fingerprint density at radius 3 is 2.87 bits per heavy atom. The first-order valence-electron chi connectivity index (χ1n) is 9.90. The molecule has 1 spiro atoms. The molecule has 3 aliphatic rings. The second-order valence-corrected chi connectivity index (χ2v) is 11.2. The molecule has 0 bridgehead atoms. The van der Waals surface area contributed by atoms with Crippen LogP contribution in [0.5, 0.6) is 0 Å². The van der Waals surface area contributed by atoms with Gasteiger partial charge in [-0.3, -0.25) is 18.9 Å². The molecule has 8 nitrogen and oxygen atoms in total. The number of fused-ring (bicyclic) bond motifs is 3. The quantitative estimate of drug-likeness (QED) is 0.636. The van der Waals surface area contributed by atoms with Crippen LogP contribution in [0.3, 0.4) is 0 Å². The topological polar surface area (TPSA) is 104 Å². The molecule has 2 N–H and O–H groups in total. The number of aromatic nitrogens is 4. The summed E-state index contributed by atoms with van der Waals surface area (Å²) in [6.07, 6.45) is 7.39. The van der Waals surface area contributed by atoms with Gasteiger partial charge in [-0.1, -0.05) is 11.6 Å². The second kappa shape index (κ2) is 6.16. The Morgan fingerprint density at radius 1 is 1.30 bits per heavy atom. The van der Waals surface area contributed by atoms with Crippen molar-refractivity contribution in [3.63, 3.8) is 0 Å². The van der Waals surface area contributed by atoms with Crippen molar-refractivity contribution in [2.75, 3.05) is 16.4 Å². The summed E-state index contributed by atoms with van der Waals surface area (Å²) in [6, 6.07) is 3.56. The zero-order chi connectivity index (χ0) is 20.7. The van der Waals surface area contributed by atoms with Crippen LogP contribution >= 0.6 is 22.2 Å². The molecule has 0 aromatic carbocycles. The maximum absolute atomic E-state index is 13.3. The predicted molar refractivity (Wildman–Crippen MR) is 115 cm³/mol. The van der Waals surface area contributed by atoms with E-state index in [2.05, 4.69) is 9.97 Å². The van der Waals surface area contributed by atoms with Crippen LogP contribution in [0.1, 0.15) is 36.7 Å². The molecule has 156 valence electrons. The minimum Gasteiger partial charge on any atom is -0.306 e. The number of amides is 1. The summed E-state index contributed by atoms with van der Waals surface area (Å²) in [6.45, 7) is 0.281. The largest absolute Gasteiger partial charge is 0.306 e. The van der Waals surface area contributed by atoms with E-state index in [-0.39, 0.29) is 24.2 Å². The molecule has 0 radical (unpaired) electrons. The average Bonchev–Trinajstić information content (AvgIpc) is 3.27. The van der Waals surface area contributed by atoms with E-state index in [1.807, 2.05) is 10.6 Å². The molecule has 1 atom stereocenters. The van der Waals surface area contributed by atoms with E-state index in [1.54, 1.807) is 29.6 Å². The summed E-state index contributed by atoms with van der Waals surface area (Å²) in [4.78, 5) is 28.5. The Bertz CT molecular complexity index is 1210. The molecule has 1 amide bonds. The molecule has 5 heterocycles. The summed E-state index contributed by atoms with van der Waals surface area (Å²) < 4.78 is 22.4. The highest BCUT2D eigenvalue weighted by molar-refractivity contribution is 8.24. The minimum absolute atomic E-state index is 0.0887. The van der Waals surface area contributed by atoms with Gasteiger partial charge in [0, 0.05) is 18.1 Å². The van der Waals surface area contributed by atoms with Gasteiger partial charge in [-0.15, -0.1) is 0 Å². The molecule has 3 aromatic heterocycles. The van der Waals surface area contributed by atoms with E-state index < -0.39 is 16.0 Å². The van der Waals surface area contributed by atoms with Gasteiger partial charge < -0.3 is 9.47 Å². The first-order chi connectivity index (χ1) is 14.4. The number of rotatable bonds is 3. The summed E-state index contributed by atoms with van der Waals surface area (Å²) in [7, 11) is -2.60. The van der Waals surface area contributed by atoms with Gasteiger partial charge in [0.05, 0.1) is 40.7 Å². The van der Waals surface area contributed by atoms with Gasteiger partial charge in [0.15, 0.2) is 5.65 Å². The smallest absolute Gasteiger partial charge is 0.238 e. The lowest BCUT2D eigenvalue weighted by Crippen LogP contribution is -2.33. The van der Waals surface area contributed by atoms with Crippen molar-refractivity contribution in [3.8, 4) is 0 Å². The number of pyridine rings is 2. The molecular weight excluding hydrogens is 426 g/mol. The van der Waals surface area contributed by atoms with Gasteiger partial charge >= 0.3 is 0 Å². The van der Waals surface area contributed by atoms with Crippen LogP contribution in [0, 0.1) is 0 Å². The Labute approximate surface area is 179 Å². The Hall–Kier alpha value is -2.20. The van der Waals surface area contributed by atoms with Gasteiger partial charge in [0.1, 0.15) is 11.3 Å². The van der Waals surface area contributed by atoms with Gasteiger partial charge in [0.2, 0.25) is 5.91 Å². The fourth-order valence-electron chi connectivity index (χ4n) is 4.90. The lowest BCUT2D eigenvalue weighted by Gasteiger charge is -2.27. The third-order valence-corrected chi connectivity index (χ3v) is 8.50. The zero-order valence-electron chi connectivity index (χ0n) is 16.0. The number of halogens is 1. The zero-order valence-corrected chi connectivity index (χ0v) is 17.6. The van der Waals surface area contributed by atoms with Gasteiger partial charge in [-0.05, 0) is 37.0 Å². The highest BCUT2D eigenvalue weighted by Gasteiger charge is 2.59. The van der Waals surface area contributed by atoms with Crippen molar-refractivity contribution in [2.45, 2.75) is 37.3 Å². The number of imidazole rings is 1. The van der Waals surface area contributed by atoms with Crippen molar-refractivity contribution >= 4 is 44.9 Å². The molecule has 3 aromatic rings. The molecule has 1 aliphatic carbocycles. The van der Waals surface area contributed by atoms with E-state index in [9.17, 15) is 13.9 Å². The van der Waals surface area contributed by atoms with Crippen LogP contribution in [-0.4, -0.2) is 46.0 Å². The Morgan fingerprint density at radius 2 is 2.13 bits per heavy atom. The first kappa shape index (κ1) is 18.6. The Kier molecular flexibility index (Phi) is 3.81. The summed E-state index contributed by atoms with van der Waals surface area (Å²) in [5, 5.41) is 0.484. The molecule has 6 rings (SSSR count). The lowest BCUT2D eigenvalue weighted by atomic mass is 9.99. The van der Waals surface area contributed by atoms with E-state index in [4.69, 9.17) is 16.6 Å². The number of anilines is 1. The summed E-state index contributed by atoms with van der Waals surface area (Å²) in [5.74, 6) is 1.39. The maximum atomic E-state index is 13.3. The fourth-order valence-corrected chi connectivity index (χ4v) is 6.80. The van der Waals surface area contributed by atoms with Crippen molar-refractivity contribution < 1.29 is 13.9 Å². The highest BCUT2D eigenvalue weighted by Crippen LogP contribution is 2.57. The van der Waals surface area contributed by atoms with Crippen LogP contribution in [0.25, 0.3) is 11.2 Å². The number of carbonyl (C=O) groups is 1. The van der Waals surface area contributed by atoms with Crippen LogP contribution in [0.2, 0.25) is 5.02 Å². The molecule has 1 saturated carbocycles. The molecule has 2 aliphatic heterocycles. The van der Waals surface area contributed by atoms with E-state index in [1.165, 1.54) is 0 Å². The maximum Gasteiger partial charge on any atom is 0.238 e. The predicted octanol–water partition coefficient (Wildman–Crippen LogP) is 3.75. The van der Waals surface area contributed by atoms with Gasteiger partial charge in [-0.2, -0.15) is 10.6 Å². The highest BCUT2D eigenvalue weighted by atomic mass is 35.5. The molecule has 30 heavy (non-hydrogen) atoms. The number of hydrogen-bond acceptors (Lipinski definition) is 6. The third kappa shape index (κ3) is 2.62.